The Balaban J connectivity index is 1.55. The molecule has 0 bridgehead atoms. The first kappa shape index (κ1) is 21.7. The average Bonchev–Trinajstić information content (AvgIpc) is 3.45. The Kier molecular flexibility index (Phi) is 5.08. The molecule has 1 fully saturated rings. The topological polar surface area (TPSA) is 89.1 Å². The van der Waals surface area contributed by atoms with E-state index in [-0.39, 0.29) is 28.1 Å². The standard InChI is InChI=1S/C24H26ClFN6O/c1-13-6-7-32(30-13)19-10-24(9-17(19)25)12-29-22-16(24)8-14(11-28-22)15-4-5-18(27)20(21(15)26)23(33)31(2)3/h4-8,11,17,19H,9-10,12,27H2,1-3H3,(H,28,29)/t17?,19-,24-/m1/s1. The van der Waals surface area contributed by atoms with Crippen LogP contribution in [0.5, 0.6) is 0 Å². The number of pyridine rings is 1. The smallest absolute Gasteiger partial charge is 0.258 e. The van der Waals surface area contributed by atoms with Crippen molar-refractivity contribution in [3.63, 3.8) is 0 Å². The minimum absolute atomic E-state index is 0.0642. The van der Waals surface area contributed by atoms with Gasteiger partial charge in [-0.3, -0.25) is 9.48 Å². The van der Waals surface area contributed by atoms with E-state index < -0.39 is 11.7 Å². The number of nitrogens with one attached hydrogen (secondary N) is 1. The SMILES string of the molecule is Cc1ccn([C@@H]2C[C@@]3(CNc4ncc(-c5ccc(N)c(C(=O)N(C)C)c5F)cc43)CC2Cl)n1. The number of nitrogens with two attached hydrogens (primary N) is 1. The highest BCUT2D eigenvalue weighted by atomic mass is 35.5. The second-order valence-corrected chi connectivity index (χ2v) is 9.83. The molecule has 3 heterocycles. The van der Waals surface area contributed by atoms with Crippen LogP contribution in [0.2, 0.25) is 0 Å². The number of hydrogen-bond acceptors (Lipinski definition) is 5. The fraction of sp³-hybridized carbons (Fsp3) is 0.375. The van der Waals surface area contributed by atoms with Crippen LogP contribution in [-0.4, -0.2) is 51.6 Å². The van der Waals surface area contributed by atoms with E-state index in [4.69, 9.17) is 17.3 Å². The van der Waals surface area contributed by atoms with Crippen molar-refractivity contribution in [1.82, 2.24) is 19.7 Å². The van der Waals surface area contributed by atoms with Crippen molar-refractivity contribution in [1.29, 1.82) is 0 Å². The summed E-state index contributed by atoms with van der Waals surface area (Å²) in [6, 6.07) is 7.18. The first-order valence-corrected chi connectivity index (χ1v) is 11.3. The predicted molar refractivity (Wildman–Crippen MR) is 127 cm³/mol. The molecule has 7 nitrogen and oxygen atoms in total. The zero-order valence-electron chi connectivity index (χ0n) is 18.8. The van der Waals surface area contributed by atoms with Crippen LogP contribution in [0.1, 0.15) is 40.5 Å². The number of benzene rings is 1. The highest BCUT2D eigenvalue weighted by Crippen LogP contribution is 2.53. The maximum atomic E-state index is 15.5. The lowest BCUT2D eigenvalue weighted by molar-refractivity contribution is 0.0824. The molecule has 9 heteroatoms. The molecule has 2 aromatic heterocycles. The Hall–Kier alpha value is -3.13. The first-order valence-electron chi connectivity index (χ1n) is 10.9. The van der Waals surface area contributed by atoms with E-state index in [1.165, 1.54) is 4.90 Å². The second kappa shape index (κ2) is 7.73. The van der Waals surface area contributed by atoms with E-state index in [2.05, 4.69) is 15.4 Å². The van der Waals surface area contributed by atoms with Gasteiger partial charge in [-0.1, -0.05) is 0 Å². The molecule has 2 aliphatic rings. The second-order valence-electron chi connectivity index (χ2n) is 9.27. The predicted octanol–water partition coefficient (Wildman–Crippen LogP) is 3.98. The van der Waals surface area contributed by atoms with Gasteiger partial charge < -0.3 is 16.0 Å². The summed E-state index contributed by atoms with van der Waals surface area (Å²) >= 11 is 6.82. The third kappa shape index (κ3) is 3.44. The Morgan fingerprint density at radius 2 is 2.12 bits per heavy atom. The Labute approximate surface area is 196 Å². The lowest BCUT2D eigenvalue weighted by atomic mass is 9.80. The number of carbonyl (C=O) groups excluding carboxylic acids is 1. The lowest BCUT2D eigenvalue weighted by Gasteiger charge is -2.24. The summed E-state index contributed by atoms with van der Waals surface area (Å²) in [5.74, 6) is -0.320. The van der Waals surface area contributed by atoms with Crippen molar-refractivity contribution in [2.24, 2.45) is 0 Å². The van der Waals surface area contributed by atoms with Gasteiger partial charge in [-0.05, 0) is 44.0 Å². The van der Waals surface area contributed by atoms with Gasteiger partial charge in [-0.2, -0.15) is 5.10 Å². The maximum Gasteiger partial charge on any atom is 0.258 e. The van der Waals surface area contributed by atoms with Crippen molar-refractivity contribution in [3.8, 4) is 11.1 Å². The fourth-order valence-electron chi connectivity index (χ4n) is 5.12. The molecule has 1 aliphatic carbocycles. The van der Waals surface area contributed by atoms with Gasteiger partial charge in [0.05, 0.1) is 22.7 Å². The van der Waals surface area contributed by atoms with Crippen LogP contribution in [0.4, 0.5) is 15.9 Å². The molecule has 33 heavy (non-hydrogen) atoms. The molecule has 1 aromatic carbocycles. The van der Waals surface area contributed by atoms with Crippen molar-refractivity contribution in [3.05, 3.63) is 59.3 Å². The number of aryl methyl sites for hydroxylation is 1. The molecule has 1 spiro atoms. The number of aromatic nitrogens is 3. The van der Waals surface area contributed by atoms with E-state index >= 15 is 4.39 Å². The van der Waals surface area contributed by atoms with Gasteiger partial charge in [0.15, 0.2) is 0 Å². The molecule has 0 radical (unpaired) electrons. The van der Waals surface area contributed by atoms with Gasteiger partial charge in [0.25, 0.3) is 5.91 Å². The summed E-state index contributed by atoms with van der Waals surface area (Å²) in [5, 5.41) is 7.90. The summed E-state index contributed by atoms with van der Waals surface area (Å²) in [7, 11) is 3.14. The lowest BCUT2D eigenvalue weighted by Crippen LogP contribution is -2.25. The first-order chi connectivity index (χ1) is 15.7. The van der Waals surface area contributed by atoms with Crippen LogP contribution < -0.4 is 11.1 Å². The molecular weight excluding hydrogens is 443 g/mol. The number of anilines is 2. The van der Waals surface area contributed by atoms with E-state index in [1.54, 1.807) is 32.4 Å². The zero-order chi connectivity index (χ0) is 23.5. The summed E-state index contributed by atoms with van der Waals surface area (Å²) in [6.45, 7) is 2.68. The van der Waals surface area contributed by atoms with Crippen LogP contribution in [0.15, 0.2) is 36.7 Å². The van der Waals surface area contributed by atoms with Crippen molar-refractivity contribution in [2.45, 2.75) is 36.6 Å². The Bertz CT molecular complexity index is 1260. The number of carbonyl (C=O) groups is 1. The monoisotopic (exact) mass is 468 g/mol. The number of nitrogens with zero attached hydrogens (tertiary/aromatic N) is 4. The number of amides is 1. The molecular formula is C24H26ClFN6O. The Morgan fingerprint density at radius 1 is 1.33 bits per heavy atom. The number of fused-ring (bicyclic) bond motifs is 2. The largest absolute Gasteiger partial charge is 0.398 e. The molecule has 1 amide bonds. The number of alkyl halides is 1. The normalized spacial score (nSPS) is 23.5. The highest BCUT2D eigenvalue weighted by Gasteiger charge is 2.50. The van der Waals surface area contributed by atoms with Crippen LogP contribution in [0, 0.1) is 12.7 Å². The minimum Gasteiger partial charge on any atom is -0.398 e. The van der Waals surface area contributed by atoms with Crippen LogP contribution >= 0.6 is 11.6 Å². The zero-order valence-corrected chi connectivity index (χ0v) is 19.5. The molecule has 1 unspecified atom stereocenters. The van der Waals surface area contributed by atoms with E-state index in [0.717, 1.165) is 29.9 Å². The summed E-state index contributed by atoms with van der Waals surface area (Å²) in [6.07, 6.45) is 5.17. The fourth-order valence-corrected chi connectivity index (χ4v) is 5.62. The molecule has 1 aliphatic heterocycles. The Morgan fingerprint density at radius 3 is 2.82 bits per heavy atom. The number of nitrogen functional groups attached to an aromatic ring is 1. The van der Waals surface area contributed by atoms with E-state index in [0.29, 0.717) is 17.7 Å². The molecule has 3 N–H and O–H groups in total. The van der Waals surface area contributed by atoms with Gasteiger partial charge >= 0.3 is 0 Å². The molecule has 172 valence electrons. The van der Waals surface area contributed by atoms with E-state index in [9.17, 15) is 4.79 Å². The van der Waals surface area contributed by atoms with Gasteiger partial charge in [-0.15, -0.1) is 11.6 Å². The third-order valence-corrected chi connectivity index (χ3v) is 7.29. The number of halogens is 2. The van der Waals surface area contributed by atoms with Gasteiger partial charge in [-0.25, -0.2) is 9.37 Å². The van der Waals surface area contributed by atoms with E-state index in [1.807, 2.05) is 29.9 Å². The molecule has 1 saturated carbocycles. The molecule has 3 atom stereocenters. The van der Waals surface area contributed by atoms with Gasteiger partial charge in [0.2, 0.25) is 0 Å². The molecule has 5 rings (SSSR count). The highest BCUT2D eigenvalue weighted by molar-refractivity contribution is 6.21. The van der Waals surface area contributed by atoms with Crippen molar-refractivity contribution in [2.75, 3.05) is 31.7 Å². The summed E-state index contributed by atoms with van der Waals surface area (Å²) in [4.78, 5) is 18.4. The number of hydrogen-bond donors (Lipinski definition) is 2. The summed E-state index contributed by atoms with van der Waals surface area (Å²) in [5.41, 5.74) is 8.59. The summed E-state index contributed by atoms with van der Waals surface area (Å²) < 4.78 is 17.4. The van der Waals surface area contributed by atoms with Crippen molar-refractivity contribution >= 4 is 29.0 Å². The van der Waals surface area contributed by atoms with Gasteiger partial charge in [0, 0.05) is 60.8 Å². The van der Waals surface area contributed by atoms with Crippen LogP contribution in [0.3, 0.4) is 0 Å². The van der Waals surface area contributed by atoms with Crippen LogP contribution in [0.25, 0.3) is 11.1 Å². The maximum absolute atomic E-state index is 15.5. The number of rotatable bonds is 3. The quantitative estimate of drug-likeness (QED) is 0.448. The van der Waals surface area contributed by atoms with Gasteiger partial charge in [0.1, 0.15) is 11.6 Å². The van der Waals surface area contributed by atoms with Crippen molar-refractivity contribution < 1.29 is 9.18 Å². The molecule has 0 saturated heterocycles. The minimum atomic E-state index is -0.637. The average molecular weight is 469 g/mol. The third-order valence-electron chi connectivity index (χ3n) is 6.84. The molecule has 3 aromatic rings. The van der Waals surface area contributed by atoms with Crippen LogP contribution in [-0.2, 0) is 5.41 Å².